The van der Waals surface area contributed by atoms with E-state index in [1.807, 2.05) is 24.3 Å². The van der Waals surface area contributed by atoms with Gasteiger partial charge in [0.1, 0.15) is 11.5 Å². The second-order valence-corrected chi connectivity index (χ2v) is 4.25. The van der Waals surface area contributed by atoms with Crippen LogP contribution in [0.2, 0.25) is 0 Å². The Hall–Kier alpha value is -2.22. The third-order valence-corrected chi connectivity index (χ3v) is 3.22. The first-order chi connectivity index (χ1) is 8.81. The molecule has 0 saturated carbocycles. The summed E-state index contributed by atoms with van der Waals surface area (Å²) in [7, 11) is 3.39. The normalized spacial score (nSPS) is 10.8. The molecule has 0 saturated heterocycles. The maximum absolute atomic E-state index is 5.40. The van der Waals surface area contributed by atoms with E-state index in [4.69, 9.17) is 9.47 Å². The van der Waals surface area contributed by atoms with Gasteiger partial charge >= 0.3 is 0 Å². The molecule has 0 aliphatic heterocycles. The maximum atomic E-state index is 5.40. The van der Waals surface area contributed by atoms with E-state index in [9.17, 15) is 0 Å². The van der Waals surface area contributed by atoms with Gasteiger partial charge in [0.2, 0.25) is 0 Å². The van der Waals surface area contributed by atoms with Crippen molar-refractivity contribution in [1.82, 2.24) is 0 Å². The SMILES string of the molecule is COc1ccc2cc3c(OC)cccc3cc2c1. The molecular weight excluding hydrogens is 224 g/mol. The summed E-state index contributed by atoms with van der Waals surface area (Å²) in [6.45, 7) is 0. The molecule has 3 aromatic carbocycles. The summed E-state index contributed by atoms with van der Waals surface area (Å²) in [5, 5.41) is 4.68. The number of rotatable bonds is 2. The lowest BCUT2D eigenvalue weighted by molar-refractivity contribution is 0.415. The molecule has 3 aromatic rings. The van der Waals surface area contributed by atoms with E-state index in [0.29, 0.717) is 0 Å². The number of fused-ring (bicyclic) bond motifs is 2. The van der Waals surface area contributed by atoms with Gasteiger partial charge < -0.3 is 9.47 Å². The average Bonchev–Trinajstić information content (AvgIpc) is 2.43. The zero-order chi connectivity index (χ0) is 12.5. The van der Waals surface area contributed by atoms with Crippen LogP contribution in [0, 0.1) is 0 Å². The molecule has 0 unspecified atom stereocenters. The topological polar surface area (TPSA) is 18.5 Å². The van der Waals surface area contributed by atoms with Gasteiger partial charge in [-0.05, 0) is 46.5 Å². The minimum Gasteiger partial charge on any atom is -0.497 e. The Morgan fingerprint density at radius 3 is 2.39 bits per heavy atom. The van der Waals surface area contributed by atoms with Crippen LogP contribution in [0.5, 0.6) is 11.5 Å². The first-order valence-electron chi connectivity index (χ1n) is 5.86. The van der Waals surface area contributed by atoms with Crippen molar-refractivity contribution in [1.29, 1.82) is 0 Å². The Morgan fingerprint density at radius 2 is 1.61 bits per heavy atom. The van der Waals surface area contributed by atoms with E-state index in [1.165, 1.54) is 16.2 Å². The van der Waals surface area contributed by atoms with Gasteiger partial charge in [-0.3, -0.25) is 0 Å². The van der Waals surface area contributed by atoms with Crippen LogP contribution in [0.1, 0.15) is 0 Å². The molecule has 0 aliphatic carbocycles. The van der Waals surface area contributed by atoms with Crippen molar-refractivity contribution in [3.8, 4) is 11.5 Å². The van der Waals surface area contributed by atoms with Gasteiger partial charge in [0.15, 0.2) is 0 Å². The lowest BCUT2D eigenvalue weighted by Crippen LogP contribution is -1.86. The predicted octanol–water partition coefficient (Wildman–Crippen LogP) is 4.01. The summed E-state index contributed by atoms with van der Waals surface area (Å²) in [5.41, 5.74) is 0. The van der Waals surface area contributed by atoms with Crippen LogP contribution in [-0.4, -0.2) is 14.2 Å². The highest BCUT2D eigenvalue weighted by Crippen LogP contribution is 2.31. The Balaban J connectivity index is 2.35. The van der Waals surface area contributed by atoms with Gasteiger partial charge in [0.05, 0.1) is 14.2 Å². The Bertz CT molecular complexity index is 716. The van der Waals surface area contributed by atoms with Crippen LogP contribution in [-0.2, 0) is 0 Å². The molecule has 3 rings (SSSR count). The minimum absolute atomic E-state index is 0.879. The number of benzene rings is 3. The van der Waals surface area contributed by atoms with Crippen LogP contribution in [0.3, 0.4) is 0 Å². The fourth-order valence-corrected chi connectivity index (χ4v) is 2.28. The van der Waals surface area contributed by atoms with Crippen LogP contribution in [0.4, 0.5) is 0 Å². The number of hydrogen-bond acceptors (Lipinski definition) is 2. The number of ether oxygens (including phenoxy) is 2. The Labute approximate surface area is 106 Å². The quantitative estimate of drug-likeness (QED) is 0.628. The number of methoxy groups -OCH3 is 2. The van der Waals surface area contributed by atoms with Gasteiger partial charge in [-0.1, -0.05) is 18.2 Å². The van der Waals surface area contributed by atoms with Crippen molar-refractivity contribution in [3.63, 3.8) is 0 Å². The van der Waals surface area contributed by atoms with Crippen molar-refractivity contribution in [2.24, 2.45) is 0 Å². The van der Waals surface area contributed by atoms with Crippen molar-refractivity contribution < 1.29 is 9.47 Å². The molecule has 0 aliphatic rings. The molecule has 0 spiro atoms. The maximum Gasteiger partial charge on any atom is 0.126 e. The Kier molecular flexibility index (Phi) is 2.56. The van der Waals surface area contributed by atoms with Crippen LogP contribution >= 0.6 is 0 Å². The lowest BCUT2D eigenvalue weighted by atomic mass is 10.0. The van der Waals surface area contributed by atoms with Gasteiger partial charge in [-0.25, -0.2) is 0 Å². The summed E-state index contributed by atoms with van der Waals surface area (Å²) >= 11 is 0. The van der Waals surface area contributed by atoms with Crippen molar-refractivity contribution in [2.45, 2.75) is 0 Å². The summed E-state index contributed by atoms with van der Waals surface area (Å²) in [6, 6.07) is 16.5. The molecule has 0 heterocycles. The van der Waals surface area contributed by atoms with Gasteiger partial charge in [0, 0.05) is 5.39 Å². The molecular formula is C16H14O2. The highest BCUT2D eigenvalue weighted by Gasteiger charge is 2.04. The third kappa shape index (κ3) is 1.66. The van der Waals surface area contributed by atoms with Crippen molar-refractivity contribution >= 4 is 21.5 Å². The van der Waals surface area contributed by atoms with E-state index in [2.05, 4.69) is 24.3 Å². The second-order valence-electron chi connectivity index (χ2n) is 4.25. The molecule has 0 fully saturated rings. The predicted molar refractivity (Wildman–Crippen MR) is 74.6 cm³/mol. The van der Waals surface area contributed by atoms with Crippen LogP contribution in [0.15, 0.2) is 48.5 Å². The van der Waals surface area contributed by atoms with Gasteiger partial charge in [-0.2, -0.15) is 0 Å². The summed E-state index contributed by atoms with van der Waals surface area (Å²) in [6.07, 6.45) is 0. The van der Waals surface area contributed by atoms with E-state index in [0.717, 1.165) is 16.9 Å². The van der Waals surface area contributed by atoms with Gasteiger partial charge in [0.25, 0.3) is 0 Å². The molecule has 0 aromatic heterocycles. The zero-order valence-corrected chi connectivity index (χ0v) is 10.4. The molecule has 0 N–H and O–H groups in total. The molecule has 18 heavy (non-hydrogen) atoms. The molecule has 2 heteroatoms. The second kappa shape index (κ2) is 4.22. The fourth-order valence-electron chi connectivity index (χ4n) is 2.28. The molecule has 0 amide bonds. The standard InChI is InChI=1S/C16H14O2/c1-17-14-7-6-11-10-15-12(8-13(11)9-14)4-3-5-16(15)18-2/h3-10H,1-2H3. The van der Waals surface area contributed by atoms with E-state index < -0.39 is 0 Å². The molecule has 90 valence electrons. The molecule has 0 bridgehead atoms. The van der Waals surface area contributed by atoms with E-state index in [-0.39, 0.29) is 0 Å². The van der Waals surface area contributed by atoms with Crippen LogP contribution in [0.25, 0.3) is 21.5 Å². The van der Waals surface area contributed by atoms with Crippen molar-refractivity contribution in [3.05, 3.63) is 48.5 Å². The van der Waals surface area contributed by atoms with Crippen LogP contribution < -0.4 is 9.47 Å². The Morgan fingerprint density at radius 1 is 0.722 bits per heavy atom. The third-order valence-electron chi connectivity index (χ3n) is 3.22. The number of hydrogen-bond donors (Lipinski definition) is 0. The zero-order valence-electron chi connectivity index (χ0n) is 10.4. The minimum atomic E-state index is 0.879. The van der Waals surface area contributed by atoms with E-state index in [1.54, 1.807) is 14.2 Å². The average molecular weight is 238 g/mol. The molecule has 0 atom stereocenters. The highest BCUT2D eigenvalue weighted by molar-refractivity contribution is 6.01. The smallest absolute Gasteiger partial charge is 0.126 e. The summed E-state index contributed by atoms with van der Waals surface area (Å²) in [5.74, 6) is 1.79. The molecule has 0 radical (unpaired) electrons. The first-order valence-corrected chi connectivity index (χ1v) is 5.86. The van der Waals surface area contributed by atoms with Crippen molar-refractivity contribution in [2.75, 3.05) is 14.2 Å². The monoisotopic (exact) mass is 238 g/mol. The van der Waals surface area contributed by atoms with E-state index >= 15 is 0 Å². The summed E-state index contributed by atoms with van der Waals surface area (Å²) in [4.78, 5) is 0. The molecule has 2 nitrogen and oxygen atoms in total. The first kappa shape index (κ1) is 10.9. The summed E-state index contributed by atoms with van der Waals surface area (Å²) < 4.78 is 10.7. The lowest BCUT2D eigenvalue weighted by Gasteiger charge is -2.08. The van der Waals surface area contributed by atoms with Gasteiger partial charge in [-0.15, -0.1) is 0 Å². The largest absolute Gasteiger partial charge is 0.497 e. The highest BCUT2D eigenvalue weighted by atomic mass is 16.5. The fraction of sp³-hybridized carbons (Fsp3) is 0.125.